The number of nitrogens with zero attached hydrogens (tertiary/aromatic N) is 2. The smallest absolute Gasteiger partial charge is 0.250 e. The average molecular weight is 287 g/mol. The number of aromatic nitrogens is 2. The van der Waals surface area contributed by atoms with Crippen LogP contribution in [0.5, 0.6) is 0 Å². The minimum Gasteiger partial charge on any atom is -0.338 e. The molecule has 0 aliphatic heterocycles. The summed E-state index contributed by atoms with van der Waals surface area (Å²) in [6.45, 7) is 5.44. The van der Waals surface area contributed by atoms with Crippen molar-refractivity contribution in [3.63, 3.8) is 0 Å². The van der Waals surface area contributed by atoms with E-state index in [1.54, 1.807) is 13.0 Å². The summed E-state index contributed by atoms with van der Waals surface area (Å²) in [7, 11) is -3.51. The summed E-state index contributed by atoms with van der Waals surface area (Å²) in [5, 5.41) is 3.59. The Morgan fingerprint density at radius 1 is 1.39 bits per heavy atom. The third-order valence-corrected chi connectivity index (χ3v) is 5.42. The van der Waals surface area contributed by atoms with Gasteiger partial charge in [-0.1, -0.05) is 5.16 Å². The number of hydrogen-bond donors (Lipinski definition) is 1. The molecule has 0 aromatic carbocycles. The number of rotatable bonds is 4. The maximum absolute atomic E-state index is 12.0. The van der Waals surface area contributed by atoms with Gasteiger partial charge in [0.25, 0.3) is 10.0 Å². The highest BCUT2D eigenvalue weighted by Gasteiger charge is 2.18. The molecule has 0 spiro atoms. The molecule has 98 valence electrons. The van der Waals surface area contributed by atoms with Gasteiger partial charge in [-0.15, -0.1) is 11.3 Å². The highest BCUT2D eigenvalue weighted by molar-refractivity contribution is 7.91. The maximum Gasteiger partial charge on any atom is 0.250 e. The lowest BCUT2D eigenvalue weighted by atomic mass is 10.3. The van der Waals surface area contributed by atoms with E-state index in [2.05, 4.69) is 14.9 Å². The van der Waals surface area contributed by atoms with E-state index in [9.17, 15) is 8.42 Å². The molecule has 0 amide bonds. The molecule has 0 saturated heterocycles. The summed E-state index contributed by atoms with van der Waals surface area (Å²) >= 11 is 1.24. The topological polar surface area (TPSA) is 85.1 Å². The molecule has 0 saturated carbocycles. The Morgan fingerprint density at radius 2 is 2.11 bits per heavy atom. The van der Waals surface area contributed by atoms with Crippen molar-refractivity contribution in [2.75, 3.05) is 0 Å². The number of thiophene rings is 1. The van der Waals surface area contributed by atoms with E-state index in [0.717, 1.165) is 10.4 Å². The van der Waals surface area contributed by atoms with E-state index in [0.29, 0.717) is 10.0 Å². The second kappa shape index (κ2) is 4.79. The van der Waals surface area contributed by atoms with Crippen molar-refractivity contribution < 1.29 is 12.9 Å². The Bertz CT molecular complexity index is 638. The quantitative estimate of drug-likeness (QED) is 0.921. The predicted molar refractivity (Wildman–Crippen MR) is 66.9 cm³/mol. The highest BCUT2D eigenvalue weighted by Crippen LogP contribution is 2.24. The zero-order chi connectivity index (χ0) is 13.3. The summed E-state index contributed by atoms with van der Waals surface area (Å²) in [5.41, 5.74) is 0.967. The molecule has 0 aliphatic carbocycles. The van der Waals surface area contributed by atoms with Gasteiger partial charge in [0.1, 0.15) is 4.21 Å². The van der Waals surface area contributed by atoms with Crippen molar-refractivity contribution in [3.8, 4) is 0 Å². The number of nitrogens with one attached hydrogen (secondary N) is 1. The second-order valence-electron chi connectivity index (χ2n) is 3.86. The Labute approximate surface area is 109 Å². The fourth-order valence-electron chi connectivity index (χ4n) is 1.31. The third kappa shape index (κ3) is 2.77. The lowest BCUT2D eigenvalue weighted by molar-refractivity contribution is 0.372. The highest BCUT2D eigenvalue weighted by atomic mass is 32.2. The van der Waals surface area contributed by atoms with Gasteiger partial charge in [-0.3, -0.25) is 0 Å². The zero-order valence-electron chi connectivity index (χ0n) is 10.2. The summed E-state index contributed by atoms with van der Waals surface area (Å²) in [5.74, 6) is 0.730. The summed E-state index contributed by atoms with van der Waals surface area (Å²) < 4.78 is 31.5. The monoisotopic (exact) mass is 287 g/mol. The molecule has 0 aliphatic rings. The van der Waals surface area contributed by atoms with E-state index < -0.39 is 10.0 Å². The lowest BCUT2D eigenvalue weighted by Gasteiger charge is -2.00. The van der Waals surface area contributed by atoms with Gasteiger partial charge in [-0.05, 0) is 32.4 Å². The molecule has 1 N–H and O–H groups in total. The van der Waals surface area contributed by atoms with Crippen LogP contribution in [0.3, 0.4) is 0 Å². The van der Waals surface area contributed by atoms with E-state index in [-0.39, 0.29) is 12.4 Å². The first-order chi connectivity index (χ1) is 8.38. The number of hydrogen-bond acceptors (Lipinski definition) is 6. The predicted octanol–water partition coefficient (Wildman–Crippen LogP) is 1.53. The molecule has 2 aromatic rings. The Hall–Kier alpha value is -1.25. The third-order valence-electron chi connectivity index (χ3n) is 2.39. The maximum atomic E-state index is 12.0. The normalized spacial score (nSPS) is 11.9. The summed E-state index contributed by atoms with van der Waals surface area (Å²) in [6.07, 6.45) is 0. The largest absolute Gasteiger partial charge is 0.338 e. The van der Waals surface area contributed by atoms with Crippen LogP contribution in [-0.4, -0.2) is 18.6 Å². The van der Waals surface area contributed by atoms with Crippen LogP contribution in [0.4, 0.5) is 0 Å². The Balaban J connectivity index is 2.12. The van der Waals surface area contributed by atoms with Gasteiger partial charge in [0.05, 0.1) is 6.54 Å². The molecule has 6 nitrogen and oxygen atoms in total. The molecule has 2 heterocycles. The second-order valence-corrected chi connectivity index (χ2v) is 7.11. The molecular weight excluding hydrogens is 274 g/mol. The lowest BCUT2D eigenvalue weighted by Crippen LogP contribution is -2.22. The van der Waals surface area contributed by atoms with Crippen LogP contribution in [0.25, 0.3) is 0 Å². The standard InChI is InChI=1S/C10H13N3O3S2/c1-6-4-10(17-7(6)2)18(14,15)11-5-9-12-8(3)13-16-9/h4,11H,5H2,1-3H3. The van der Waals surface area contributed by atoms with Crippen molar-refractivity contribution in [3.05, 3.63) is 28.2 Å². The van der Waals surface area contributed by atoms with Crippen LogP contribution in [0.2, 0.25) is 0 Å². The fourth-order valence-corrected chi connectivity index (χ4v) is 3.85. The van der Waals surface area contributed by atoms with Gasteiger partial charge in [0.2, 0.25) is 5.89 Å². The molecular formula is C10H13N3O3S2. The van der Waals surface area contributed by atoms with Gasteiger partial charge in [0.15, 0.2) is 5.82 Å². The molecule has 2 aromatic heterocycles. The molecule has 0 radical (unpaired) electrons. The molecule has 0 atom stereocenters. The fraction of sp³-hybridized carbons (Fsp3) is 0.400. The van der Waals surface area contributed by atoms with Gasteiger partial charge in [-0.25, -0.2) is 13.1 Å². The summed E-state index contributed by atoms with van der Waals surface area (Å²) in [4.78, 5) is 4.92. The first kappa shape index (κ1) is 13.2. The Kier molecular flexibility index (Phi) is 3.51. The van der Waals surface area contributed by atoms with Crippen molar-refractivity contribution >= 4 is 21.4 Å². The van der Waals surface area contributed by atoms with E-state index in [1.165, 1.54) is 11.3 Å². The molecule has 2 rings (SSSR count). The first-order valence-corrected chi connectivity index (χ1v) is 7.54. The van der Waals surface area contributed by atoms with Crippen LogP contribution in [-0.2, 0) is 16.6 Å². The van der Waals surface area contributed by atoms with Gasteiger partial charge < -0.3 is 4.52 Å². The van der Waals surface area contributed by atoms with Crippen LogP contribution in [0, 0.1) is 20.8 Å². The van der Waals surface area contributed by atoms with Crippen molar-refractivity contribution in [2.24, 2.45) is 0 Å². The molecule has 18 heavy (non-hydrogen) atoms. The van der Waals surface area contributed by atoms with Crippen molar-refractivity contribution in [1.29, 1.82) is 0 Å². The van der Waals surface area contributed by atoms with Crippen LogP contribution < -0.4 is 4.72 Å². The SMILES string of the molecule is Cc1noc(CNS(=O)(=O)c2cc(C)c(C)s2)n1. The molecule has 0 bridgehead atoms. The Morgan fingerprint density at radius 3 is 2.61 bits per heavy atom. The minimum absolute atomic E-state index is 0.000825. The van der Waals surface area contributed by atoms with Gasteiger partial charge in [-0.2, -0.15) is 4.98 Å². The van der Waals surface area contributed by atoms with Crippen LogP contribution in [0.1, 0.15) is 22.2 Å². The molecule has 0 fully saturated rings. The van der Waals surface area contributed by atoms with E-state index in [4.69, 9.17) is 4.52 Å². The molecule has 0 unspecified atom stereocenters. The zero-order valence-corrected chi connectivity index (χ0v) is 11.9. The van der Waals surface area contributed by atoms with Crippen LogP contribution >= 0.6 is 11.3 Å². The average Bonchev–Trinajstić information content (AvgIpc) is 2.84. The van der Waals surface area contributed by atoms with Crippen LogP contribution in [0.15, 0.2) is 14.8 Å². The minimum atomic E-state index is -3.51. The van der Waals surface area contributed by atoms with E-state index >= 15 is 0 Å². The van der Waals surface area contributed by atoms with E-state index in [1.807, 2.05) is 13.8 Å². The molecule has 8 heteroatoms. The van der Waals surface area contributed by atoms with Crippen molar-refractivity contribution in [1.82, 2.24) is 14.9 Å². The number of sulfonamides is 1. The number of aryl methyl sites for hydroxylation is 3. The van der Waals surface area contributed by atoms with Crippen molar-refractivity contribution in [2.45, 2.75) is 31.5 Å². The summed E-state index contributed by atoms with van der Waals surface area (Å²) in [6, 6.07) is 1.65. The van der Waals surface area contributed by atoms with Gasteiger partial charge in [0, 0.05) is 4.88 Å². The first-order valence-electron chi connectivity index (χ1n) is 5.24. The van der Waals surface area contributed by atoms with Gasteiger partial charge >= 0.3 is 0 Å².